The van der Waals surface area contributed by atoms with E-state index in [0.717, 1.165) is 38.2 Å². The molecule has 98 valence electrons. The molecule has 1 fully saturated rings. The van der Waals surface area contributed by atoms with Crippen molar-refractivity contribution in [2.24, 2.45) is 0 Å². The quantitative estimate of drug-likeness (QED) is 0.886. The maximum atomic E-state index is 12.9. The molecular formula is C14H19FN2O. The molecule has 0 bridgehead atoms. The highest BCUT2D eigenvalue weighted by Crippen LogP contribution is 2.22. The zero-order chi connectivity index (χ0) is 13.0. The number of rotatable bonds is 3. The fourth-order valence-corrected chi connectivity index (χ4v) is 2.35. The lowest BCUT2D eigenvalue weighted by atomic mass is 9.94. The predicted molar refractivity (Wildman–Crippen MR) is 68.9 cm³/mol. The molecule has 1 aromatic rings. The minimum absolute atomic E-state index is 0.149. The fraction of sp³-hybridized carbons (Fsp3) is 0.500. The van der Waals surface area contributed by atoms with Crippen molar-refractivity contribution in [3.8, 4) is 0 Å². The molecule has 1 saturated heterocycles. The molecule has 1 unspecified atom stereocenters. The van der Waals surface area contributed by atoms with E-state index in [4.69, 9.17) is 0 Å². The minimum atomic E-state index is -0.261. The Morgan fingerprint density at radius 3 is 2.50 bits per heavy atom. The second-order valence-corrected chi connectivity index (χ2v) is 4.59. The molecule has 4 heteroatoms. The van der Waals surface area contributed by atoms with Gasteiger partial charge in [0.05, 0.1) is 5.92 Å². The van der Waals surface area contributed by atoms with Crippen molar-refractivity contribution in [1.29, 1.82) is 0 Å². The third-order valence-corrected chi connectivity index (χ3v) is 3.41. The molecule has 2 rings (SSSR count). The Morgan fingerprint density at radius 2 is 1.94 bits per heavy atom. The number of carbonyl (C=O) groups is 1. The van der Waals surface area contributed by atoms with Crippen LogP contribution in [-0.4, -0.2) is 37.0 Å². The molecule has 1 atom stereocenters. The third-order valence-electron chi connectivity index (χ3n) is 3.41. The smallest absolute Gasteiger partial charge is 0.230 e. The molecule has 1 aliphatic heterocycles. The summed E-state index contributed by atoms with van der Waals surface area (Å²) in [6, 6.07) is 6.26. The highest BCUT2D eigenvalue weighted by molar-refractivity contribution is 5.83. The van der Waals surface area contributed by atoms with Gasteiger partial charge in [-0.25, -0.2) is 4.39 Å². The molecule has 1 heterocycles. The molecule has 0 spiro atoms. The summed E-state index contributed by atoms with van der Waals surface area (Å²) in [5.74, 6) is -0.252. The van der Waals surface area contributed by atoms with Crippen LogP contribution in [0.3, 0.4) is 0 Å². The van der Waals surface area contributed by atoms with Gasteiger partial charge in [0, 0.05) is 26.2 Å². The first-order chi connectivity index (χ1) is 8.72. The zero-order valence-corrected chi connectivity index (χ0v) is 10.7. The maximum absolute atomic E-state index is 12.9. The Morgan fingerprint density at radius 1 is 1.33 bits per heavy atom. The van der Waals surface area contributed by atoms with Crippen molar-refractivity contribution in [3.05, 3.63) is 35.6 Å². The van der Waals surface area contributed by atoms with Gasteiger partial charge in [-0.05, 0) is 24.1 Å². The number of benzene rings is 1. The van der Waals surface area contributed by atoms with Crippen molar-refractivity contribution in [3.63, 3.8) is 0 Å². The van der Waals surface area contributed by atoms with E-state index in [1.54, 1.807) is 12.1 Å². The minimum Gasteiger partial charge on any atom is -0.340 e. The van der Waals surface area contributed by atoms with Crippen LogP contribution in [0.5, 0.6) is 0 Å². The van der Waals surface area contributed by atoms with Gasteiger partial charge in [-0.3, -0.25) is 4.79 Å². The number of carbonyl (C=O) groups excluding carboxylic acids is 1. The van der Waals surface area contributed by atoms with E-state index in [9.17, 15) is 9.18 Å². The number of nitrogens with zero attached hydrogens (tertiary/aromatic N) is 1. The zero-order valence-electron chi connectivity index (χ0n) is 10.7. The van der Waals surface area contributed by atoms with E-state index >= 15 is 0 Å². The first-order valence-corrected chi connectivity index (χ1v) is 6.47. The number of halogens is 1. The monoisotopic (exact) mass is 250 g/mol. The molecule has 1 aromatic carbocycles. The number of amides is 1. The van der Waals surface area contributed by atoms with Gasteiger partial charge in [-0.1, -0.05) is 19.1 Å². The van der Waals surface area contributed by atoms with Crippen molar-refractivity contribution in [2.45, 2.75) is 19.3 Å². The molecule has 0 aromatic heterocycles. The summed E-state index contributed by atoms with van der Waals surface area (Å²) in [4.78, 5) is 14.3. The largest absolute Gasteiger partial charge is 0.340 e. The Bertz CT molecular complexity index is 399. The Labute approximate surface area is 107 Å². The highest BCUT2D eigenvalue weighted by Gasteiger charge is 2.25. The van der Waals surface area contributed by atoms with Crippen molar-refractivity contribution in [1.82, 2.24) is 10.2 Å². The SMILES string of the molecule is CCC(C(=O)N1CCNCC1)c1ccc(F)cc1. The summed E-state index contributed by atoms with van der Waals surface area (Å²) in [5, 5.41) is 3.23. The summed E-state index contributed by atoms with van der Waals surface area (Å²) >= 11 is 0. The Balaban J connectivity index is 2.12. The second kappa shape index (κ2) is 5.96. The van der Waals surface area contributed by atoms with Crippen LogP contribution in [0.2, 0.25) is 0 Å². The lowest BCUT2D eigenvalue weighted by Gasteiger charge is -2.30. The fourth-order valence-electron chi connectivity index (χ4n) is 2.35. The van der Waals surface area contributed by atoms with Gasteiger partial charge in [-0.15, -0.1) is 0 Å². The van der Waals surface area contributed by atoms with Gasteiger partial charge in [0.1, 0.15) is 5.82 Å². The molecule has 0 radical (unpaired) electrons. The Hall–Kier alpha value is -1.42. The summed E-state index contributed by atoms with van der Waals surface area (Å²) in [6.07, 6.45) is 0.744. The van der Waals surface area contributed by atoms with Crippen LogP contribution in [-0.2, 0) is 4.79 Å². The van der Waals surface area contributed by atoms with Crippen molar-refractivity contribution in [2.75, 3.05) is 26.2 Å². The van der Waals surface area contributed by atoms with E-state index in [0.29, 0.717) is 0 Å². The first-order valence-electron chi connectivity index (χ1n) is 6.47. The summed E-state index contributed by atoms with van der Waals surface area (Å²) in [5.41, 5.74) is 0.905. The molecule has 3 nitrogen and oxygen atoms in total. The van der Waals surface area contributed by atoms with Crippen molar-refractivity contribution >= 4 is 5.91 Å². The van der Waals surface area contributed by atoms with Gasteiger partial charge in [-0.2, -0.15) is 0 Å². The number of hydrogen-bond donors (Lipinski definition) is 1. The highest BCUT2D eigenvalue weighted by atomic mass is 19.1. The average molecular weight is 250 g/mol. The molecule has 0 saturated carbocycles. The van der Waals surface area contributed by atoms with Crippen LogP contribution in [0.4, 0.5) is 4.39 Å². The van der Waals surface area contributed by atoms with E-state index in [-0.39, 0.29) is 17.6 Å². The Kier molecular flexibility index (Phi) is 4.31. The van der Waals surface area contributed by atoms with E-state index < -0.39 is 0 Å². The normalized spacial score (nSPS) is 17.6. The molecule has 1 amide bonds. The van der Waals surface area contributed by atoms with Gasteiger partial charge in [0.15, 0.2) is 0 Å². The first kappa shape index (κ1) is 13.0. The number of piperazine rings is 1. The summed E-state index contributed by atoms with van der Waals surface area (Å²) in [7, 11) is 0. The third kappa shape index (κ3) is 2.88. The van der Waals surface area contributed by atoms with Gasteiger partial charge in [0.25, 0.3) is 0 Å². The maximum Gasteiger partial charge on any atom is 0.230 e. The molecule has 0 aliphatic carbocycles. The van der Waals surface area contributed by atoms with Crippen LogP contribution in [0, 0.1) is 5.82 Å². The average Bonchev–Trinajstić information content (AvgIpc) is 2.42. The van der Waals surface area contributed by atoms with E-state index in [2.05, 4.69) is 5.32 Å². The van der Waals surface area contributed by atoms with Gasteiger partial charge < -0.3 is 10.2 Å². The van der Waals surface area contributed by atoms with Gasteiger partial charge >= 0.3 is 0 Å². The number of hydrogen-bond acceptors (Lipinski definition) is 2. The van der Waals surface area contributed by atoms with Gasteiger partial charge in [0.2, 0.25) is 5.91 Å². The standard InChI is InChI=1S/C14H19FN2O/c1-2-13(11-3-5-12(15)6-4-11)14(18)17-9-7-16-8-10-17/h3-6,13,16H,2,7-10H2,1H3. The molecule has 18 heavy (non-hydrogen) atoms. The molecular weight excluding hydrogens is 231 g/mol. The van der Waals surface area contributed by atoms with Crippen molar-refractivity contribution < 1.29 is 9.18 Å². The second-order valence-electron chi connectivity index (χ2n) is 4.59. The van der Waals surface area contributed by atoms with E-state index in [1.165, 1.54) is 12.1 Å². The molecule has 1 aliphatic rings. The summed E-state index contributed by atoms with van der Waals surface area (Å²) < 4.78 is 12.9. The topological polar surface area (TPSA) is 32.3 Å². The van der Waals surface area contributed by atoms with Crippen LogP contribution in [0.1, 0.15) is 24.8 Å². The van der Waals surface area contributed by atoms with Crippen LogP contribution in [0.25, 0.3) is 0 Å². The number of nitrogens with one attached hydrogen (secondary N) is 1. The van der Waals surface area contributed by atoms with Crippen LogP contribution >= 0.6 is 0 Å². The van der Waals surface area contributed by atoms with Crippen LogP contribution in [0.15, 0.2) is 24.3 Å². The summed E-state index contributed by atoms with van der Waals surface area (Å²) in [6.45, 7) is 5.22. The van der Waals surface area contributed by atoms with Crippen LogP contribution < -0.4 is 5.32 Å². The lowest BCUT2D eigenvalue weighted by Crippen LogP contribution is -2.48. The lowest BCUT2D eigenvalue weighted by molar-refractivity contribution is -0.133. The predicted octanol–water partition coefficient (Wildman–Crippen LogP) is 1.75. The molecule has 1 N–H and O–H groups in total. The van der Waals surface area contributed by atoms with E-state index in [1.807, 2.05) is 11.8 Å².